The second-order valence-corrected chi connectivity index (χ2v) is 3.54. The summed E-state index contributed by atoms with van der Waals surface area (Å²) in [6.45, 7) is 3.49. The summed E-state index contributed by atoms with van der Waals surface area (Å²) < 4.78 is 4.76. The first-order valence-corrected chi connectivity index (χ1v) is 5.06. The molecule has 4 heteroatoms. The summed E-state index contributed by atoms with van der Waals surface area (Å²) in [7, 11) is 0. The molecule has 0 heterocycles. The quantitative estimate of drug-likeness (QED) is 0.476. The van der Waals surface area contributed by atoms with E-state index in [1.54, 1.807) is 6.92 Å². The van der Waals surface area contributed by atoms with Crippen LogP contribution in [0, 0.1) is 0 Å². The minimum Gasteiger partial charge on any atom is -0.464 e. The average molecular weight is 204 g/mol. The SMILES string of the molecule is CC(O)CCCCCOC(=O)C(C)O. The number of carbonyl (C=O) groups excluding carboxylic acids is 1. The smallest absolute Gasteiger partial charge is 0.334 e. The Morgan fingerprint density at radius 3 is 2.36 bits per heavy atom. The maximum atomic E-state index is 10.8. The number of hydrogen-bond donors (Lipinski definition) is 2. The highest BCUT2D eigenvalue weighted by atomic mass is 16.5. The Kier molecular flexibility index (Phi) is 7.42. The van der Waals surface area contributed by atoms with Crippen molar-refractivity contribution in [3.05, 3.63) is 0 Å². The van der Waals surface area contributed by atoms with Gasteiger partial charge in [-0.1, -0.05) is 6.42 Å². The summed E-state index contributed by atoms with van der Waals surface area (Å²) in [5, 5.41) is 17.7. The van der Waals surface area contributed by atoms with E-state index in [0.29, 0.717) is 6.61 Å². The molecule has 2 N–H and O–H groups in total. The zero-order chi connectivity index (χ0) is 11.0. The summed E-state index contributed by atoms with van der Waals surface area (Å²) in [6.07, 6.45) is 2.14. The molecule has 0 aromatic heterocycles. The number of unbranched alkanes of at least 4 members (excludes halogenated alkanes) is 2. The third-order valence-electron chi connectivity index (χ3n) is 1.85. The molecule has 0 rings (SSSR count). The molecule has 0 saturated carbocycles. The lowest BCUT2D eigenvalue weighted by atomic mass is 10.1. The molecule has 14 heavy (non-hydrogen) atoms. The maximum Gasteiger partial charge on any atom is 0.334 e. The van der Waals surface area contributed by atoms with Crippen LogP contribution in [0.5, 0.6) is 0 Å². The Bertz CT molecular complexity index is 154. The van der Waals surface area contributed by atoms with E-state index in [1.165, 1.54) is 6.92 Å². The van der Waals surface area contributed by atoms with Crippen molar-refractivity contribution in [2.24, 2.45) is 0 Å². The zero-order valence-electron chi connectivity index (χ0n) is 8.90. The van der Waals surface area contributed by atoms with Gasteiger partial charge in [-0.3, -0.25) is 0 Å². The first-order chi connectivity index (χ1) is 6.54. The number of hydrogen-bond acceptors (Lipinski definition) is 4. The second-order valence-electron chi connectivity index (χ2n) is 3.54. The van der Waals surface area contributed by atoms with Crippen LogP contribution in [-0.2, 0) is 9.53 Å². The van der Waals surface area contributed by atoms with Gasteiger partial charge in [-0.05, 0) is 33.1 Å². The molecule has 0 saturated heterocycles. The Labute approximate surface area is 84.9 Å². The van der Waals surface area contributed by atoms with Gasteiger partial charge in [0.2, 0.25) is 0 Å². The molecule has 0 aliphatic heterocycles. The molecule has 0 fully saturated rings. The summed E-state index contributed by atoms with van der Waals surface area (Å²) in [5.74, 6) is -0.569. The fourth-order valence-corrected chi connectivity index (χ4v) is 1.01. The normalized spacial score (nSPS) is 14.9. The van der Waals surface area contributed by atoms with Crippen molar-refractivity contribution in [2.75, 3.05) is 6.61 Å². The number of aliphatic hydroxyl groups is 2. The lowest BCUT2D eigenvalue weighted by molar-refractivity contribution is -0.152. The van der Waals surface area contributed by atoms with Gasteiger partial charge in [-0.15, -0.1) is 0 Å². The van der Waals surface area contributed by atoms with Crippen molar-refractivity contribution < 1.29 is 19.7 Å². The molecule has 0 aromatic rings. The molecule has 0 bridgehead atoms. The molecule has 0 aromatic carbocycles. The molecule has 0 aliphatic carbocycles. The topological polar surface area (TPSA) is 66.8 Å². The standard InChI is InChI=1S/C10H20O4/c1-8(11)6-4-3-5-7-14-10(13)9(2)12/h8-9,11-12H,3-7H2,1-2H3. The molecule has 0 aliphatic rings. The summed E-state index contributed by atoms with van der Waals surface area (Å²) >= 11 is 0. The van der Waals surface area contributed by atoms with Crippen LogP contribution >= 0.6 is 0 Å². The van der Waals surface area contributed by atoms with E-state index >= 15 is 0 Å². The van der Waals surface area contributed by atoms with Crippen LogP contribution in [0.3, 0.4) is 0 Å². The highest BCUT2D eigenvalue weighted by Crippen LogP contribution is 2.03. The molecule has 2 unspecified atom stereocenters. The van der Waals surface area contributed by atoms with Crippen molar-refractivity contribution in [3.8, 4) is 0 Å². The van der Waals surface area contributed by atoms with Gasteiger partial charge in [-0.2, -0.15) is 0 Å². The minimum absolute atomic E-state index is 0.255. The minimum atomic E-state index is -1.03. The van der Waals surface area contributed by atoms with E-state index in [0.717, 1.165) is 25.7 Å². The number of ether oxygens (including phenoxy) is 1. The average Bonchev–Trinajstić information content (AvgIpc) is 2.09. The largest absolute Gasteiger partial charge is 0.464 e. The van der Waals surface area contributed by atoms with Crippen LogP contribution in [0.1, 0.15) is 39.5 Å². The molecule has 4 nitrogen and oxygen atoms in total. The summed E-state index contributed by atoms with van der Waals surface area (Å²) in [4.78, 5) is 10.8. The summed E-state index contributed by atoms with van der Waals surface area (Å²) in [6, 6.07) is 0. The van der Waals surface area contributed by atoms with E-state index < -0.39 is 12.1 Å². The van der Waals surface area contributed by atoms with Crippen LogP contribution in [0.15, 0.2) is 0 Å². The number of carbonyl (C=O) groups is 1. The van der Waals surface area contributed by atoms with Gasteiger partial charge in [0, 0.05) is 0 Å². The maximum absolute atomic E-state index is 10.8. The molecule has 0 radical (unpaired) electrons. The van der Waals surface area contributed by atoms with Crippen molar-refractivity contribution in [2.45, 2.75) is 51.7 Å². The molecule has 84 valence electrons. The Morgan fingerprint density at radius 2 is 1.86 bits per heavy atom. The zero-order valence-corrected chi connectivity index (χ0v) is 8.90. The van der Waals surface area contributed by atoms with Crippen LogP contribution in [-0.4, -0.2) is 35.0 Å². The Hall–Kier alpha value is -0.610. The van der Waals surface area contributed by atoms with Gasteiger partial charge >= 0.3 is 5.97 Å². The fourth-order valence-electron chi connectivity index (χ4n) is 1.01. The highest BCUT2D eigenvalue weighted by Gasteiger charge is 2.08. The van der Waals surface area contributed by atoms with E-state index in [1.807, 2.05) is 0 Å². The number of aliphatic hydroxyl groups excluding tert-OH is 2. The molecular weight excluding hydrogens is 184 g/mol. The van der Waals surface area contributed by atoms with Crippen molar-refractivity contribution in [1.82, 2.24) is 0 Å². The van der Waals surface area contributed by atoms with Gasteiger partial charge in [0.25, 0.3) is 0 Å². The van der Waals surface area contributed by atoms with Crippen LogP contribution < -0.4 is 0 Å². The van der Waals surface area contributed by atoms with Crippen molar-refractivity contribution in [3.63, 3.8) is 0 Å². The second kappa shape index (κ2) is 7.76. The van der Waals surface area contributed by atoms with Crippen LogP contribution in [0.4, 0.5) is 0 Å². The van der Waals surface area contributed by atoms with E-state index in [4.69, 9.17) is 14.9 Å². The lowest BCUT2D eigenvalue weighted by Gasteiger charge is -2.06. The number of rotatable bonds is 7. The first kappa shape index (κ1) is 13.4. The van der Waals surface area contributed by atoms with Gasteiger partial charge in [0.05, 0.1) is 12.7 Å². The monoisotopic (exact) mass is 204 g/mol. The van der Waals surface area contributed by atoms with Gasteiger partial charge < -0.3 is 14.9 Å². The number of esters is 1. The third kappa shape index (κ3) is 8.01. The Morgan fingerprint density at radius 1 is 1.21 bits per heavy atom. The predicted octanol–water partition coefficient (Wildman–Crippen LogP) is 0.852. The van der Waals surface area contributed by atoms with E-state index in [2.05, 4.69) is 0 Å². The van der Waals surface area contributed by atoms with Crippen LogP contribution in [0.25, 0.3) is 0 Å². The fraction of sp³-hybridized carbons (Fsp3) is 0.900. The summed E-state index contributed by atoms with van der Waals surface area (Å²) in [5.41, 5.74) is 0. The lowest BCUT2D eigenvalue weighted by Crippen LogP contribution is -2.19. The van der Waals surface area contributed by atoms with Gasteiger partial charge in [-0.25, -0.2) is 4.79 Å². The molecule has 0 spiro atoms. The Balaban J connectivity index is 3.18. The molecule has 0 amide bonds. The first-order valence-electron chi connectivity index (χ1n) is 5.06. The predicted molar refractivity (Wildman–Crippen MR) is 52.8 cm³/mol. The van der Waals surface area contributed by atoms with E-state index in [-0.39, 0.29) is 6.10 Å². The van der Waals surface area contributed by atoms with Crippen molar-refractivity contribution >= 4 is 5.97 Å². The highest BCUT2D eigenvalue weighted by molar-refractivity contribution is 5.73. The van der Waals surface area contributed by atoms with Gasteiger partial charge in [0.15, 0.2) is 0 Å². The van der Waals surface area contributed by atoms with E-state index in [9.17, 15) is 4.79 Å². The van der Waals surface area contributed by atoms with Gasteiger partial charge in [0.1, 0.15) is 6.10 Å². The van der Waals surface area contributed by atoms with Crippen molar-refractivity contribution in [1.29, 1.82) is 0 Å². The molecule has 2 atom stereocenters. The molecular formula is C10H20O4. The van der Waals surface area contributed by atoms with Crippen LogP contribution in [0.2, 0.25) is 0 Å². The third-order valence-corrected chi connectivity index (χ3v) is 1.85.